The van der Waals surface area contributed by atoms with Crippen LogP contribution < -0.4 is 4.57 Å². The molecule has 0 saturated carbocycles. The lowest BCUT2D eigenvalue weighted by molar-refractivity contribution is -0.698. The summed E-state index contributed by atoms with van der Waals surface area (Å²) in [5.74, 6) is 0. The van der Waals surface area contributed by atoms with E-state index in [1.54, 1.807) is 18.4 Å². The van der Waals surface area contributed by atoms with Crippen molar-refractivity contribution in [3.8, 4) is 0 Å². The Bertz CT molecular complexity index is 174. The van der Waals surface area contributed by atoms with E-state index in [0.29, 0.717) is 6.10 Å². The van der Waals surface area contributed by atoms with E-state index in [0.717, 1.165) is 6.54 Å². The number of methoxy groups -OCH3 is 1. The van der Waals surface area contributed by atoms with Crippen LogP contribution in [0.25, 0.3) is 0 Å². The normalized spacial score (nSPS) is 13.4. The van der Waals surface area contributed by atoms with Gasteiger partial charge in [0.1, 0.15) is 6.10 Å². The summed E-state index contributed by atoms with van der Waals surface area (Å²) in [5, 5.41) is 2.06. The van der Waals surface area contributed by atoms with E-state index in [2.05, 4.69) is 28.6 Å². The topological polar surface area (TPSA) is 13.1 Å². The van der Waals surface area contributed by atoms with Gasteiger partial charge in [0.2, 0.25) is 5.51 Å². The molecule has 0 radical (unpaired) electrons. The van der Waals surface area contributed by atoms with Crippen molar-refractivity contribution in [1.29, 1.82) is 0 Å². The molecular weight excluding hydrogens is 146 g/mol. The van der Waals surface area contributed by atoms with Gasteiger partial charge in [-0.05, 0) is 6.92 Å². The molecule has 1 heterocycles. The number of hydrogen-bond donors (Lipinski definition) is 0. The molecule has 0 fully saturated rings. The lowest BCUT2D eigenvalue weighted by atomic mass is 10.4. The van der Waals surface area contributed by atoms with E-state index >= 15 is 0 Å². The summed E-state index contributed by atoms with van der Waals surface area (Å²) in [6, 6.07) is 0. The summed E-state index contributed by atoms with van der Waals surface area (Å²) in [5.41, 5.74) is 2.08. The van der Waals surface area contributed by atoms with Crippen molar-refractivity contribution in [2.45, 2.75) is 19.6 Å². The molecule has 0 spiro atoms. The molecule has 3 heteroatoms. The van der Waals surface area contributed by atoms with Crippen molar-refractivity contribution in [2.75, 3.05) is 7.11 Å². The molecule has 1 aromatic heterocycles. The first-order valence-electron chi connectivity index (χ1n) is 3.27. The Balaban J connectivity index is 2.40. The van der Waals surface area contributed by atoms with Crippen LogP contribution in [0.3, 0.4) is 0 Å². The highest BCUT2D eigenvalue weighted by Gasteiger charge is 2.06. The standard InChI is InChI=1S/C7H12NOS/c1-7(9-2)5-8-3-4-10-6-8/h3-4,6-7H,5H2,1-2H3/q+1. The second kappa shape index (κ2) is 3.68. The Kier molecular flexibility index (Phi) is 2.83. The molecule has 0 aromatic carbocycles. The maximum absolute atomic E-state index is 5.11. The molecular formula is C7H12NOS+. The maximum Gasteiger partial charge on any atom is 0.224 e. The zero-order valence-corrected chi connectivity index (χ0v) is 7.10. The van der Waals surface area contributed by atoms with E-state index in [-0.39, 0.29) is 0 Å². The van der Waals surface area contributed by atoms with Crippen molar-refractivity contribution in [1.82, 2.24) is 0 Å². The Morgan fingerprint density at radius 3 is 3.00 bits per heavy atom. The Hall–Kier alpha value is -0.410. The fourth-order valence-electron chi connectivity index (χ4n) is 0.737. The van der Waals surface area contributed by atoms with Gasteiger partial charge in [-0.1, -0.05) is 11.3 Å². The maximum atomic E-state index is 5.11. The zero-order valence-electron chi connectivity index (χ0n) is 6.28. The first-order chi connectivity index (χ1) is 4.83. The van der Waals surface area contributed by atoms with Gasteiger partial charge in [-0.25, -0.2) is 0 Å². The molecule has 56 valence electrons. The van der Waals surface area contributed by atoms with Gasteiger partial charge >= 0.3 is 0 Å². The monoisotopic (exact) mass is 158 g/mol. The fraction of sp³-hybridized carbons (Fsp3) is 0.571. The number of ether oxygens (including phenoxy) is 1. The molecule has 1 atom stereocenters. The van der Waals surface area contributed by atoms with Gasteiger partial charge in [0.15, 0.2) is 12.7 Å². The minimum Gasteiger partial charge on any atom is -0.375 e. The van der Waals surface area contributed by atoms with Crippen LogP contribution in [0.1, 0.15) is 6.92 Å². The van der Waals surface area contributed by atoms with E-state index in [1.165, 1.54) is 0 Å². The van der Waals surface area contributed by atoms with Crippen LogP contribution in [-0.2, 0) is 11.3 Å². The van der Waals surface area contributed by atoms with Gasteiger partial charge in [-0.15, -0.1) is 0 Å². The first kappa shape index (κ1) is 7.69. The third-order valence-electron chi connectivity index (χ3n) is 1.40. The van der Waals surface area contributed by atoms with Gasteiger partial charge in [0.25, 0.3) is 0 Å². The third-order valence-corrected chi connectivity index (χ3v) is 2.07. The first-order valence-corrected chi connectivity index (χ1v) is 4.21. The van der Waals surface area contributed by atoms with Crippen molar-refractivity contribution in [2.24, 2.45) is 0 Å². The van der Waals surface area contributed by atoms with Gasteiger partial charge in [-0.2, -0.15) is 4.57 Å². The molecule has 0 saturated heterocycles. The number of nitrogens with zero attached hydrogens (tertiary/aromatic N) is 1. The molecule has 0 aliphatic carbocycles. The highest BCUT2D eigenvalue weighted by atomic mass is 32.1. The number of thiazole rings is 1. The molecule has 0 aliphatic rings. The largest absolute Gasteiger partial charge is 0.375 e. The number of hydrogen-bond acceptors (Lipinski definition) is 2. The average molecular weight is 158 g/mol. The van der Waals surface area contributed by atoms with Crippen molar-refractivity contribution in [3.63, 3.8) is 0 Å². The second-order valence-electron chi connectivity index (χ2n) is 2.27. The summed E-state index contributed by atoms with van der Waals surface area (Å²) < 4.78 is 7.23. The quantitative estimate of drug-likeness (QED) is 0.600. The fourth-order valence-corrected chi connectivity index (χ4v) is 1.35. The SMILES string of the molecule is COC(C)C[n+]1ccsc1. The third kappa shape index (κ3) is 2.08. The van der Waals surface area contributed by atoms with Gasteiger partial charge in [0, 0.05) is 7.11 Å². The predicted molar refractivity (Wildman–Crippen MR) is 41.0 cm³/mol. The van der Waals surface area contributed by atoms with Gasteiger partial charge < -0.3 is 4.74 Å². The van der Waals surface area contributed by atoms with Crippen LogP contribution in [0.2, 0.25) is 0 Å². The lowest BCUT2D eigenvalue weighted by Crippen LogP contribution is -2.36. The summed E-state index contributed by atoms with van der Waals surface area (Å²) >= 11 is 1.70. The van der Waals surface area contributed by atoms with Crippen LogP contribution in [0, 0.1) is 0 Å². The Morgan fingerprint density at radius 2 is 2.50 bits per heavy atom. The molecule has 1 unspecified atom stereocenters. The number of aromatic nitrogens is 1. The van der Waals surface area contributed by atoms with Gasteiger partial charge in [0.05, 0.1) is 5.38 Å². The smallest absolute Gasteiger partial charge is 0.224 e. The van der Waals surface area contributed by atoms with Crippen LogP contribution in [-0.4, -0.2) is 13.2 Å². The van der Waals surface area contributed by atoms with Crippen molar-refractivity contribution < 1.29 is 9.30 Å². The molecule has 1 rings (SSSR count). The van der Waals surface area contributed by atoms with Crippen LogP contribution >= 0.6 is 11.3 Å². The van der Waals surface area contributed by atoms with E-state index in [9.17, 15) is 0 Å². The van der Waals surface area contributed by atoms with E-state index in [1.807, 2.05) is 0 Å². The van der Waals surface area contributed by atoms with Crippen LogP contribution in [0.5, 0.6) is 0 Å². The van der Waals surface area contributed by atoms with Gasteiger partial charge in [-0.3, -0.25) is 0 Å². The van der Waals surface area contributed by atoms with E-state index in [4.69, 9.17) is 4.74 Å². The average Bonchev–Trinajstić information content (AvgIpc) is 2.40. The van der Waals surface area contributed by atoms with Crippen LogP contribution in [0.15, 0.2) is 17.1 Å². The van der Waals surface area contributed by atoms with Crippen LogP contribution in [0.4, 0.5) is 0 Å². The molecule has 1 aromatic rings. The minimum atomic E-state index is 0.305. The number of rotatable bonds is 3. The van der Waals surface area contributed by atoms with Crippen molar-refractivity contribution in [3.05, 3.63) is 17.1 Å². The molecule has 0 amide bonds. The molecule has 0 aliphatic heterocycles. The van der Waals surface area contributed by atoms with Crippen molar-refractivity contribution >= 4 is 11.3 Å². The Labute approximate surface area is 65.1 Å². The highest BCUT2D eigenvalue weighted by Crippen LogP contribution is 1.91. The molecule has 0 N–H and O–H groups in total. The summed E-state index contributed by atoms with van der Waals surface area (Å²) in [4.78, 5) is 0. The van der Waals surface area contributed by atoms with E-state index < -0.39 is 0 Å². The lowest BCUT2D eigenvalue weighted by Gasteiger charge is -2.01. The minimum absolute atomic E-state index is 0.305. The summed E-state index contributed by atoms with van der Waals surface area (Å²) in [6.07, 6.45) is 2.36. The molecule has 0 bridgehead atoms. The predicted octanol–water partition coefficient (Wildman–Crippen LogP) is 1.07. The summed E-state index contributed by atoms with van der Waals surface area (Å²) in [7, 11) is 1.73. The highest BCUT2D eigenvalue weighted by molar-refractivity contribution is 7.07. The zero-order chi connectivity index (χ0) is 7.40. The summed E-state index contributed by atoms with van der Waals surface area (Å²) in [6.45, 7) is 3.00. The molecule has 10 heavy (non-hydrogen) atoms. The molecule has 2 nitrogen and oxygen atoms in total. The Morgan fingerprint density at radius 1 is 1.70 bits per heavy atom. The second-order valence-corrected chi connectivity index (χ2v) is 3.02.